The molecule has 1 fully saturated rings. The molecular weight excluding hydrogens is 401 g/mol. The number of hydrogen-bond donors (Lipinski definition) is 2. The van der Waals surface area contributed by atoms with E-state index in [0.717, 1.165) is 32.3 Å². The SMILES string of the molecule is Cc1ccc2c(c1)C1(C[C@@H]1c1ccc3c(I)[nH]nc3c1)C(=O)N2. The summed E-state index contributed by atoms with van der Waals surface area (Å²) in [6, 6.07) is 12.6. The third-order valence-corrected chi connectivity index (χ3v) is 6.03. The van der Waals surface area contributed by atoms with Crippen LogP contribution in [0.2, 0.25) is 0 Å². The van der Waals surface area contributed by atoms with Crippen molar-refractivity contribution in [3.8, 4) is 0 Å². The molecule has 1 aromatic heterocycles. The van der Waals surface area contributed by atoms with Crippen LogP contribution in [0.15, 0.2) is 36.4 Å². The zero-order chi connectivity index (χ0) is 15.8. The first-order chi connectivity index (χ1) is 11.1. The maximum Gasteiger partial charge on any atom is 0.235 e. The van der Waals surface area contributed by atoms with Crippen molar-refractivity contribution in [2.24, 2.45) is 0 Å². The topological polar surface area (TPSA) is 57.8 Å². The number of H-pyrrole nitrogens is 1. The van der Waals surface area contributed by atoms with Crippen LogP contribution in [0, 0.1) is 10.6 Å². The lowest BCUT2D eigenvalue weighted by atomic mass is 9.91. The van der Waals surface area contributed by atoms with Gasteiger partial charge in [0.1, 0.15) is 3.70 Å². The number of benzene rings is 2. The molecule has 1 spiro atoms. The van der Waals surface area contributed by atoms with E-state index >= 15 is 0 Å². The van der Waals surface area contributed by atoms with E-state index < -0.39 is 0 Å². The van der Waals surface area contributed by atoms with Crippen molar-refractivity contribution >= 4 is 45.1 Å². The second kappa shape index (κ2) is 4.35. The lowest BCUT2D eigenvalue weighted by molar-refractivity contribution is -0.118. The quantitative estimate of drug-likeness (QED) is 0.594. The Kier molecular flexibility index (Phi) is 2.56. The summed E-state index contributed by atoms with van der Waals surface area (Å²) in [7, 11) is 0. The predicted octanol–water partition coefficient (Wildman–Crippen LogP) is 3.85. The number of halogens is 1. The fourth-order valence-electron chi connectivity index (χ4n) is 3.92. The number of amides is 1. The van der Waals surface area contributed by atoms with Gasteiger partial charge >= 0.3 is 0 Å². The largest absolute Gasteiger partial charge is 0.325 e. The number of aryl methyl sites for hydroxylation is 1. The Morgan fingerprint density at radius 3 is 3.00 bits per heavy atom. The van der Waals surface area contributed by atoms with Gasteiger partial charge in [0.2, 0.25) is 5.91 Å². The summed E-state index contributed by atoms with van der Waals surface area (Å²) in [6.45, 7) is 2.08. The van der Waals surface area contributed by atoms with E-state index in [2.05, 4.69) is 69.3 Å². The molecule has 23 heavy (non-hydrogen) atoms. The first-order valence-electron chi connectivity index (χ1n) is 7.66. The Balaban J connectivity index is 1.62. The Morgan fingerprint density at radius 2 is 2.13 bits per heavy atom. The van der Waals surface area contributed by atoms with Gasteiger partial charge in [-0.3, -0.25) is 9.89 Å². The van der Waals surface area contributed by atoms with Crippen LogP contribution in [-0.4, -0.2) is 16.1 Å². The molecule has 3 aromatic rings. The molecule has 1 saturated carbocycles. The number of rotatable bonds is 1. The standard InChI is InChI=1S/C18H14IN3O/c1-9-2-5-14-12(6-9)18(17(23)20-14)8-13(18)10-3-4-11-15(7-10)21-22-16(11)19/h2-7,13H,8H2,1H3,(H,20,23)(H,21,22)/t13-,18?/m1/s1. The van der Waals surface area contributed by atoms with Crippen LogP contribution in [0.1, 0.15) is 29.0 Å². The van der Waals surface area contributed by atoms with Crippen molar-refractivity contribution in [3.63, 3.8) is 0 Å². The summed E-state index contributed by atoms with van der Waals surface area (Å²) < 4.78 is 1.05. The van der Waals surface area contributed by atoms with E-state index in [1.807, 2.05) is 12.1 Å². The molecule has 5 heteroatoms. The summed E-state index contributed by atoms with van der Waals surface area (Å²) in [5, 5.41) is 11.6. The highest BCUT2D eigenvalue weighted by Crippen LogP contribution is 2.65. The van der Waals surface area contributed by atoms with Gasteiger partial charge < -0.3 is 5.32 Å². The summed E-state index contributed by atoms with van der Waals surface area (Å²) in [5.41, 5.74) is 5.12. The third-order valence-electron chi connectivity index (χ3n) is 5.21. The van der Waals surface area contributed by atoms with Gasteiger partial charge in [-0.05, 0) is 65.3 Å². The van der Waals surface area contributed by atoms with Crippen molar-refractivity contribution in [2.45, 2.75) is 24.7 Å². The molecule has 4 nitrogen and oxygen atoms in total. The highest BCUT2D eigenvalue weighted by molar-refractivity contribution is 14.1. The molecule has 2 atom stereocenters. The van der Waals surface area contributed by atoms with Gasteiger partial charge in [-0.15, -0.1) is 0 Å². The average Bonchev–Trinajstić information content (AvgIpc) is 3.12. The fourth-order valence-corrected chi connectivity index (χ4v) is 4.50. The second-order valence-corrected chi connectivity index (χ2v) is 7.62. The van der Waals surface area contributed by atoms with Gasteiger partial charge in [-0.25, -0.2) is 0 Å². The minimum atomic E-state index is -0.376. The maximum absolute atomic E-state index is 12.6. The van der Waals surface area contributed by atoms with Gasteiger partial charge in [0.25, 0.3) is 0 Å². The molecule has 1 amide bonds. The zero-order valence-electron chi connectivity index (χ0n) is 12.5. The molecule has 2 N–H and O–H groups in total. The van der Waals surface area contributed by atoms with Crippen LogP contribution >= 0.6 is 22.6 Å². The van der Waals surface area contributed by atoms with Gasteiger partial charge in [0.15, 0.2) is 0 Å². The Morgan fingerprint density at radius 1 is 1.26 bits per heavy atom. The van der Waals surface area contributed by atoms with E-state index in [0.29, 0.717) is 0 Å². The van der Waals surface area contributed by atoms with Gasteiger partial charge in [0.05, 0.1) is 10.9 Å². The van der Waals surface area contributed by atoms with E-state index in [4.69, 9.17) is 0 Å². The number of anilines is 1. The normalized spacial score (nSPS) is 25.0. The number of hydrogen-bond acceptors (Lipinski definition) is 2. The average molecular weight is 415 g/mol. The number of aromatic nitrogens is 2. The van der Waals surface area contributed by atoms with Crippen molar-refractivity contribution in [1.82, 2.24) is 10.2 Å². The lowest BCUT2D eigenvalue weighted by Crippen LogP contribution is -2.21. The van der Waals surface area contributed by atoms with Crippen molar-refractivity contribution in [2.75, 3.05) is 5.32 Å². The Bertz CT molecular complexity index is 993. The first kappa shape index (κ1) is 13.5. The number of carbonyl (C=O) groups is 1. The van der Waals surface area contributed by atoms with Crippen LogP contribution in [-0.2, 0) is 10.2 Å². The number of aromatic amines is 1. The smallest absolute Gasteiger partial charge is 0.235 e. The second-order valence-electron chi connectivity index (χ2n) is 6.55. The molecular formula is C18H14IN3O. The fraction of sp³-hybridized carbons (Fsp3) is 0.222. The van der Waals surface area contributed by atoms with E-state index in [9.17, 15) is 4.79 Å². The Labute approximate surface area is 146 Å². The monoisotopic (exact) mass is 415 g/mol. The molecule has 1 aliphatic carbocycles. The number of carbonyl (C=O) groups excluding carboxylic acids is 1. The molecule has 2 aliphatic rings. The summed E-state index contributed by atoms with van der Waals surface area (Å²) in [5.74, 6) is 0.379. The third kappa shape index (κ3) is 1.71. The van der Waals surface area contributed by atoms with E-state index in [-0.39, 0.29) is 17.2 Å². The van der Waals surface area contributed by atoms with Gasteiger partial charge in [-0.2, -0.15) is 5.10 Å². The summed E-state index contributed by atoms with van der Waals surface area (Å²) in [4.78, 5) is 12.6. The molecule has 1 aliphatic heterocycles. The number of nitrogens with zero attached hydrogens (tertiary/aromatic N) is 1. The molecule has 1 unspecified atom stereocenters. The van der Waals surface area contributed by atoms with Crippen LogP contribution in [0.25, 0.3) is 10.9 Å². The van der Waals surface area contributed by atoms with Crippen LogP contribution in [0.3, 0.4) is 0 Å². The van der Waals surface area contributed by atoms with Crippen molar-refractivity contribution in [3.05, 3.63) is 56.8 Å². The lowest BCUT2D eigenvalue weighted by Gasteiger charge is -2.09. The van der Waals surface area contributed by atoms with E-state index in [1.54, 1.807) is 0 Å². The Hall–Kier alpha value is -1.89. The molecule has 114 valence electrons. The summed E-state index contributed by atoms with van der Waals surface area (Å²) >= 11 is 2.25. The molecule has 2 heterocycles. The molecule has 5 rings (SSSR count). The van der Waals surface area contributed by atoms with E-state index in [1.165, 1.54) is 11.1 Å². The van der Waals surface area contributed by atoms with Crippen molar-refractivity contribution in [1.29, 1.82) is 0 Å². The molecule has 0 bridgehead atoms. The molecule has 0 radical (unpaired) electrons. The van der Waals surface area contributed by atoms with Crippen LogP contribution in [0.5, 0.6) is 0 Å². The minimum absolute atomic E-state index is 0.139. The highest BCUT2D eigenvalue weighted by Gasteiger charge is 2.65. The zero-order valence-corrected chi connectivity index (χ0v) is 14.6. The number of fused-ring (bicyclic) bond motifs is 3. The molecule has 0 saturated heterocycles. The minimum Gasteiger partial charge on any atom is -0.325 e. The number of nitrogens with one attached hydrogen (secondary N) is 2. The van der Waals surface area contributed by atoms with Crippen molar-refractivity contribution < 1.29 is 4.79 Å². The predicted molar refractivity (Wildman–Crippen MR) is 97.7 cm³/mol. The summed E-state index contributed by atoms with van der Waals surface area (Å²) in [6.07, 6.45) is 0.877. The van der Waals surface area contributed by atoms with Crippen LogP contribution in [0.4, 0.5) is 5.69 Å². The van der Waals surface area contributed by atoms with Gasteiger partial charge in [-0.1, -0.05) is 23.8 Å². The van der Waals surface area contributed by atoms with Gasteiger partial charge in [0, 0.05) is 17.0 Å². The first-order valence-corrected chi connectivity index (χ1v) is 8.73. The maximum atomic E-state index is 12.6. The van der Waals surface area contributed by atoms with Crippen LogP contribution < -0.4 is 5.32 Å². The molecule has 2 aromatic carbocycles. The highest BCUT2D eigenvalue weighted by atomic mass is 127.